The molecule has 0 aliphatic carbocycles. The molecule has 2 aromatic carbocycles. The fourth-order valence-corrected chi connectivity index (χ4v) is 2.90. The SMILES string of the molecule is CCc1ccc(/C=C2\Oc3c(ccc(OC(C)C(=O)OC)c3C)C2=O)cc1. The van der Waals surface area contributed by atoms with E-state index in [1.165, 1.54) is 12.7 Å². The quantitative estimate of drug-likeness (QED) is 0.589. The number of benzene rings is 2. The van der Waals surface area contributed by atoms with Gasteiger partial charge >= 0.3 is 5.97 Å². The molecular formula is C22H22O5. The van der Waals surface area contributed by atoms with E-state index in [4.69, 9.17) is 9.47 Å². The Morgan fingerprint density at radius 2 is 1.89 bits per heavy atom. The van der Waals surface area contributed by atoms with Gasteiger partial charge in [0.05, 0.1) is 12.7 Å². The maximum atomic E-state index is 12.7. The average molecular weight is 366 g/mol. The first-order valence-electron chi connectivity index (χ1n) is 8.85. The van der Waals surface area contributed by atoms with E-state index in [1.54, 1.807) is 32.1 Å². The Kier molecular flexibility index (Phi) is 5.31. The Labute approximate surface area is 158 Å². The molecule has 0 fully saturated rings. The standard InChI is InChI=1S/C22H22O5/c1-5-15-6-8-16(9-7-15)12-19-20(23)17-10-11-18(13(2)21(17)27-19)26-14(3)22(24)25-4/h6-12,14H,5H2,1-4H3/b19-12-. The van der Waals surface area contributed by atoms with Crippen LogP contribution in [-0.4, -0.2) is 25.0 Å². The molecule has 0 spiro atoms. The van der Waals surface area contributed by atoms with Crippen LogP contribution in [0, 0.1) is 6.92 Å². The largest absolute Gasteiger partial charge is 0.479 e. The second kappa shape index (κ2) is 7.66. The van der Waals surface area contributed by atoms with Gasteiger partial charge in [-0.15, -0.1) is 0 Å². The van der Waals surface area contributed by atoms with E-state index in [9.17, 15) is 9.59 Å². The molecule has 1 aliphatic rings. The Balaban J connectivity index is 1.87. The maximum Gasteiger partial charge on any atom is 0.346 e. The number of fused-ring (bicyclic) bond motifs is 1. The third-order valence-electron chi connectivity index (χ3n) is 4.56. The van der Waals surface area contributed by atoms with E-state index in [1.807, 2.05) is 24.3 Å². The highest BCUT2D eigenvalue weighted by Crippen LogP contribution is 2.39. The van der Waals surface area contributed by atoms with Crippen LogP contribution in [0.4, 0.5) is 0 Å². The van der Waals surface area contributed by atoms with Gasteiger partial charge in [0.2, 0.25) is 5.78 Å². The number of allylic oxidation sites excluding steroid dienone is 1. The molecule has 1 aliphatic heterocycles. The van der Waals surface area contributed by atoms with Gasteiger partial charge in [-0.3, -0.25) is 4.79 Å². The van der Waals surface area contributed by atoms with E-state index in [0.29, 0.717) is 22.6 Å². The van der Waals surface area contributed by atoms with Crippen LogP contribution in [0.5, 0.6) is 11.5 Å². The number of ether oxygens (including phenoxy) is 3. The van der Waals surface area contributed by atoms with Crippen molar-refractivity contribution < 1.29 is 23.8 Å². The van der Waals surface area contributed by atoms with Crippen molar-refractivity contribution in [1.29, 1.82) is 0 Å². The number of aryl methyl sites for hydroxylation is 1. The van der Waals surface area contributed by atoms with Crippen LogP contribution in [-0.2, 0) is 16.0 Å². The molecule has 2 aromatic rings. The zero-order valence-corrected chi connectivity index (χ0v) is 15.9. The minimum Gasteiger partial charge on any atom is -0.479 e. The number of methoxy groups -OCH3 is 1. The first kappa shape index (κ1) is 18.7. The molecule has 0 N–H and O–H groups in total. The fourth-order valence-electron chi connectivity index (χ4n) is 2.90. The lowest BCUT2D eigenvalue weighted by molar-refractivity contribution is -0.147. The Morgan fingerprint density at radius 1 is 1.19 bits per heavy atom. The minimum atomic E-state index is -0.754. The van der Waals surface area contributed by atoms with Gasteiger partial charge in [0, 0.05) is 5.56 Å². The summed E-state index contributed by atoms with van der Waals surface area (Å²) >= 11 is 0. The molecule has 0 bridgehead atoms. The Morgan fingerprint density at radius 3 is 2.52 bits per heavy atom. The minimum absolute atomic E-state index is 0.166. The van der Waals surface area contributed by atoms with Crippen molar-refractivity contribution in [3.05, 3.63) is 64.4 Å². The Bertz CT molecular complexity index is 909. The highest BCUT2D eigenvalue weighted by molar-refractivity contribution is 6.15. The second-order valence-electron chi connectivity index (χ2n) is 6.38. The summed E-state index contributed by atoms with van der Waals surface area (Å²) in [5.74, 6) is 0.581. The van der Waals surface area contributed by atoms with Crippen LogP contribution in [0.2, 0.25) is 0 Å². The number of carbonyl (C=O) groups excluding carboxylic acids is 2. The van der Waals surface area contributed by atoms with Gasteiger partial charge in [-0.25, -0.2) is 4.79 Å². The van der Waals surface area contributed by atoms with Crippen molar-refractivity contribution >= 4 is 17.8 Å². The fraction of sp³-hybridized carbons (Fsp3) is 0.273. The predicted octanol–water partition coefficient (Wildman–Crippen LogP) is 4.11. The second-order valence-corrected chi connectivity index (χ2v) is 6.38. The molecule has 0 saturated heterocycles. The van der Waals surface area contributed by atoms with Gasteiger partial charge in [-0.1, -0.05) is 31.2 Å². The van der Waals surface area contributed by atoms with Crippen LogP contribution >= 0.6 is 0 Å². The molecule has 1 heterocycles. The first-order valence-corrected chi connectivity index (χ1v) is 8.85. The monoisotopic (exact) mass is 366 g/mol. The molecule has 0 aromatic heterocycles. The van der Waals surface area contributed by atoms with Crippen LogP contribution in [0.1, 0.15) is 40.9 Å². The summed E-state index contributed by atoms with van der Waals surface area (Å²) < 4.78 is 16.2. The number of ketones is 1. The van der Waals surface area contributed by atoms with Crippen LogP contribution in [0.15, 0.2) is 42.2 Å². The molecular weight excluding hydrogens is 344 g/mol. The summed E-state index contributed by atoms with van der Waals surface area (Å²) in [4.78, 5) is 24.2. The normalized spacial score (nSPS) is 15.3. The topological polar surface area (TPSA) is 61.8 Å². The van der Waals surface area contributed by atoms with Crippen LogP contribution in [0.25, 0.3) is 6.08 Å². The summed E-state index contributed by atoms with van der Waals surface area (Å²) in [6, 6.07) is 11.3. The first-order chi connectivity index (χ1) is 12.9. The number of rotatable bonds is 5. The Hall–Kier alpha value is -3.08. The smallest absolute Gasteiger partial charge is 0.346 e. The number of esters is 1. The summed E-state index contributed by atoms with van der Waals surface area (Å²) in [5.41, 5.74) is 3.29. The number of Topliss-reactive ketones (excluding diaryl/α,β-unsaturated/α-hetero) is 1. The van der Waals surface area contributed by atoms with Gasteiger partial charge in [-0.05, 0) is 49.6 Å². The lowest BCUT2D eigenvalue weighted by atomic mass is 10.0. The molecule has 0 saturated carbocycles. The molecule has 3 rings (SSSR count). The van der Waals surface area contributed by atoms with Crippen molar-refractivity contribution in [3.63, 3.8) is 0 Å². The highest BCUT2D eigenvalue weighted by atomic mass is 16.6. The van der Waals surface area contributed by atoms with Crippen molar-refractivity contribution in [2.75, 3.05) is 7.11 Å². The zero-order chi connectivity index (χ0) is 19.6. The summed E-state index contributed by atoms with van der Waals surface area (Å²) in [7, 11) is 1.31. The third-order valence-corrected chi connectivity index (χ3v) is 4.56. The van der Waals surface area contributed by atoms with Crippen molar-refractivity contribution in [1.82, 2.24) is 0 Å². The molecule has 5 nitrogen and oxygen atoms in total. The van der Waals surface area contributed by atoms with E-state index < -0.39 is 12.1 Å². The van der Waals surface area contributed by atoms with Crippen LogP contribution < -0.4 is 9.47 Å². The molecule has 1 atom stereocenters. The van der Waals surface area contributed by atoms with Gasteiger partial charge in [0.1, 0.15) is 11.5 Å². The van der Waals surface area contributed by atoms with Crippen LogP contribution in [0.3, 0.4) is 0 Å². The zero-order valence-electron chi connectivity index (χ0n) is 15.9. The van der Waals surface area contributed by atoms with Gasteiger partial charge in [0.15, 0.2) is 11.9 Å². The van der Waals surface area contributed by atoms with E-state index in [0.717, 1.165) is 12.0 Å². The number of hydrogen-bond donors (Lipinski definition) is 0. The third kappa shape index (κ3) is 3.72. The lowest BCUT2D eigenvalue weighted by Gasteiger charge is -2.15. The molecule has 1 unspecified atom stereocenters. The summed E-state index contributed by atoms with van der Waals surface area (Å²) in [5, 5.41) is 0. The summed E-state index contributed by atoms with van der Waals surface area (Å²) in [6.45, 7) is 5.50. The molecule has 27 heavy (non-hydrogen) atoms. The maximum absolute atomic E-state index is 12.7. The van der Waals surface area contributed by atoms with Crippen molar-refractivity contribution in [2.45, 2.75) is 33.3 Å². The number of hydrogen-bond acceptors (Lipinski definition) is 5. The van der Waals surface area contributed by atoms with Gasteiger partial charge < -0.3 is 14.2 Å². The van der Waals surface area contributed by atoms with Gasteiger partial charge in [0.25, 0.3) is 0 Å². The molecule has 0 amide bonds. The van der Waals surface area contributed by atoms with E-state index >= 15 is 0 Å². The number of carbonyl (C=O) groups is 2. The van der Waals surface area contributed by atoms with E-state index in [-0.39, 0.29) is 11.5 Å². The highest BCUT2D eigenvalue weighted by Gasteiger charge is 2.30. The average Bonchev–Trinajstić information content (AvgIpc) is 3.00. The summed E-state index contributed by atoms with van der Waals surface area (Å²) in [6.07, 6.45) is 1.94. The molecule has 0 radical (unpaired) electrons. The molecule has 140 valence electrons. The van der Waals surface area contributed by atoms with Crippen molar-refractivity contribution in [3.8, 4) is 11.5 Å². The lowest BCUT2D eigenvalue weighted by Crippen LogP contribution is -2.25. The van der Waals surface area contributed by atoms with Crippen molar-refractivity contribution in [2.24, 2.45) is 0 Å². The predicted molar refractivity (Wildman–Crippen MR) is 102 cm³/mol. The molecule has 5 heteroatoms. The van der Waals surface area contributed by atoms with Gasteiger partial charge in [-0.2, -0.15) is 0 Å². The van der Waals surface area contributed by atoms with E-state index in [2.05, 4.69) is 11.7 Å².